The predicted octanol–water partition coefficient (Wildman–Crippen LogP) is 2.83. The minimum atomic E-state index is -0.736. The van der Waals surface area contributed by atoms with E-state index >= 15 is 0 Å². The lowest BCUT2D eigenvalue weighted by molar-refractivity contribution is -0.142. The number of amides is 2. The molecule has 2 atom stereocenters. The highest BCUT2D eigenvalue weighted by Gasteiger charge is 2.22. The molecule has 0 heterocycles. The lowest BCUT2D eigenvalue weighted by Crippen LogP contribution is -2.48. The lowest BCUT2D eigenvalue weighted by Gasteiger charge is -2.20. The number of rotatable bonds is 6. The molecule has 0 radical (unpaired) electrons. The van der Waals surface area contributed by atoms with Gasteiger partial charge in [0, 0.05) is 6.42 Å². The summed E-state index contributed by atoms with van der Waals surface area (Å²) >= 11 is 0. The third-order valence-corrected chi connectivity index (χ3v) is 3.72. The van der Waals surface area contributed by atoms with Gasteiger partial charge in [0.1, 0.15) is 6.04 Å². The molecule has 126 valence electrons. The Bertz CT molecular complexity index is 659. The van der Waals surface area contributed by atoms with Crippen LogP contribution in [0, 0.1) is 0 Å². The number of benzene rings is 2. The van der Waals surface area contributed by atoms with Crippen molar-refractivity contribution in [2.24, 2.45) is 0 Å². The molecule has 0 spiro atoms. The molecule has 0 aliphatic heterocycles. The number of carbonyl (C=O) groups excluding carboxylic acids is 2. The van der Waals surface area contributed by atoms with Crippen LogP contribution in [0.4, 0.5) is 4.79 Å². The molecule has 0 saturated carbocycles. The van der Waals surface area contributed by atoms with Crippen molar-refractivity contribution in [3.8, 4) is 0 Å². The molecular weight excluding hydrogens is 304 g/mol. The van der Waals surface area contributed by atoms with Gasteiger partial charge in [-0.1, -0.05) is 60.7 Å². The maximum absolute atomic E-state index is 12.2. The zero-order chi connectivity index (χ0) is 17.4. The zero-order valence-corrected chi connectivity index (χ0v) is 13.9. The third-order valence-electron chi connectivity index (χ3n) is 3.72. The first-order valence-corrected chi connectivity index (χ1v) is 7.84. The van der Waals surface area contributed by atoms with Gasteiger partial charge in [0.2, 0.25) is 0 Å². The van der Waals surface area contributed by atoms with Gasteiger partial charge in [0.05, 0.1) is 13.2 Å². The average molecular weight is 326 g/mol. The van der Waals surface area contributed by atoms with E-state index in [1.807, 2.05) is 67.6 Å². The Morgan fingerprint density at radius 3 is 2.12 bits per heavy atom. The van der Waals surface area contributed by atoms with Gasteiger partial charge in [-0.25, -0.2) is 9.59 Å². The first kappa shape index (κ1) is 17.5. The molecule has 0 aliphatic carbocycles. The van der Waals surface area contributed by atoms with Crippen LogP contribution in [0.1, 0.15) is 24.1 Å². The Kier molecular flexibility index (Phi) is 6.37. The minimum absolute atomic E-state index is 0.166. The van der Waals surface area contributed by atoms with E-state index in [4.69, 9.17) is 4.74 Å². The maximum atomic E-state index is 12.2. The number of hydrogen-bond donors (Lipinski definition) is 2. The SMILES string of the molecule is COC(=O)[C@H](Cc1ccccc1)NC(=O)N[C@H](C)c1ccccc1. The minimum Gasteiger partial charge on any atom is -0.467 e. The molecule has 2 aromatic carbocycles. The van der Waals surface area contributed by atoms with Gasteiger partial charge in [-0.15, -0.1) is 0 Å². The molecule has 2 rings (SSSR count). The Labute approximate surface area is 142 Å². The highest BCUT2D eigenvalue weighted by atomic mass is 16.5. The second-order valence-electron chi connectivity index (χ2n) is 5.52. The average Bonchev–Trinajstić information content (AvgIpc) is 2.62. The van der Waals surface area contributed by atoms with Crippen molar-refractivity contribution in [2.45, 2.75) is 25.4 Å². The summed E-state index contributed by atoms with van der Waals surface area (Å²) < 4.78 is 4.79. The Balaban J connectivity index is 1.98. The van der Waals surface area contributed by atoms with Crippen molar-refractivity contribution in [1.29, 1.82) is 0 Å². The van der Waals surface area contributed by atoms with Gasteiger partial charge >= 0.3 is 12.0 Å². The fourth-order valence-corrected chi connectivity index (χ4v) is 2.41. The first-order chi connectivity index (χ1) is 11.6. The number of ether oxygens (including phenoxy) is 1. The molecular formula is C19H22N2O3. The van der Waals surface area contributed by atoms with Crippen LogP contribution in [-0.4, -0.2) is 25.2 Å². The third kappa shape index (κ3) is 5.12. The monoisotopic (exact) mass is 326 g/mol. The molecule has 2 N–H and O–H groups in total. The van der Waals surface area contributed by atoms with E-state index in [1.54, 1.807) is 0 Å². The predicted molar refractivity (Wildman–Crippen MR) is 92.5 cm³/mol. The molecule has 5 heteroatoms. The number of methoxy groups -OCH3 is 1. The molecule has 0 saturated heterocycles. The van der Waals surface area contributed by atoms with E-state index in [1.165, 1.54) is 7.11 Å². The van der Waals surface area contributed by atoms with Gasteiger partial charge < -0.3 is 15.4 Å². The second kappa shape index (κ2) is 8.72. The Morgan fingerprint density at radius 1 is 0.958 bits per heavy atom. The van der Waals surface area contributed by atoms with Crippen LogP contribution in [0.5, 0.6) is 0 Å². The summed E-state index contributed by atoms with van der Waals surface area (Å²) in [6.07, 6.45) is 0.376. The summed E-state index contributed by atoms with van der Waals surface area (Å²) in [7, 11) is 1.31. The zero-order valence-electron chi connectivity index (χ0n) is 13.9. The summed E-state index contributed by atoms with van der Waals surface area (Å²) in [6, 6.07) is 17.8. The summed E-state index contributed by atoms with van der Waals surface area (Å²) in [4.78, 5) is 24.2. The van der Waals surface area contributed by atoms with Gasteiger partial charge in [-0.2, -0.15) is 0 Å². The van der Waals surface area contributed by atoms with E-state index in [2.05, 4.69) is 10.6 Å². The standard InChI is InChI=1S/C19H22N2O3/c1-14(16-11-7-4-8-12-16)20-19(23)21-17(18(22)24-2)13-15-9-5-3-6-10-15/h3-12,14,17H,13H2,1-2H3,(H2,20,21,23)/t14-,17+/m1/s1. The van der Waals surface area contributed by atoms with Crippen LogP contribution in [0.15, 0.2) is 60.7 Å². The topological polar surface area (TPSA) is 67.4 Å². The number of hydrogen-bond acceptors (Lipinski definition) is 3. The smallest absolute Gasteiger partial charge is 0.328 e. The van der Waals surface area contributed by atoms with Crippen LogP contribution < -0.4 is 10.6 Å². The van der Waals surface area contributed by atoms with Crippen LogP contribution in [-0.2, 0) is 16.0 Å². The van der Waals surface area contributed by atoms with E-state index in [-0.39, 0.29) is 6.04 Å². The van der Waals surface area contributed by atoms with Crippen molar-refractivity contribution >= 4 is 12.0 Å². The van der Waals surface area contributed by atoms with Crippen molar-refractivity contribution in [3.63, 3.8) is 0 Å². The summed E-state index contributed by atoms with van der Waals surface area (Å²) in [5.41, 5.74) is 1.94. The van der Waals surface area contributed by atoms with Crippen molar-refractivity contribution in [2.75, 3.05) is 7.11 Å². The van der Waals surface area contributed by atoms with Crippen molar-refractivity contribution < 1.29 is 14.3 Å². The Hall–Kier alpha value is -2.82. The van der Waals surface area contributed by atoms with Crippen molar-refractivity contribution in [3.05, 3.63) is 71.8 Å². The molecule has 5 nitrogen and oxygen atoms in total. The molecule has 0 aromatic heterocycles. The van der Waals surface area contributed by atoms with E-state index in [0.717, 1.165) is 11.1 Å². The molecule has 2 amide bonds. The lowest BCUT2D eigenvalue weighted by atomic mass is 10.1. The molecule has 24 heavy (non-hydrogen) atoms. The maximum Gasteiger partial charge on any atom is 0.328 e. The number of esters is 1. The normalized spacial score (nSPS) is 12.8. The van der Waals surface area contributed by atoms with Gasteiger partial charge in [0.25, 0.3) is 0 Å². The van der Waals surface area contributed by atoms with Crippen LogP contribution >= 0.6 is 0 Å². The highest BCUT2D eigenvalue weighted by molar-refractivity contribution is 5.84. The van der Waals surface area contributed by atoms with E-state index in [9.17, 15) is 9.59 Å². The van der Waals surface area contributed by atoms with Gasteiger partial charge in [-0.05, 0) is 18.1 Å². The van der Waals surface area contributed by atoms with Crippen LogP contribution in [0.2, 0.25) is 0 Å². The largest absolute Gasteiger partial charge is 0.467 e. The molecule has 0 unspecified atom stereocenters. The summed E-state index contributed by atoms with van der Waals surface area (Å²) in [6.45, 7) is 1.89. The molecule has 0 aliphatic rings. The number of nitrogens with one attached hydrogen (secondary N) is 2. The molecule has 0 bridgehead atoms. The fraction of sp³-hybridized carbons (Fsp3) is 0.263. The van der Waals surface area contributed by atoms with Gasteiger partial charge in [0.15, 0.2) is 0 Å². The quantitative estimate of drug-likeness (QED) is 0.802. The number of carbonyl (C=O) groups is 2. The van der Waals surface area contributed by atoms with Crippen LogP contribution in [0.25, 0.3) is 0 Å². The van der Waals surface area contributed by atoms with E-state index < -0.39 is 18.0 Å². The molecule has 2 aromatic rings. The number of urea groups is 1. The Morgan fingerprint density at radius 2 is 1.54 bits per heavy atom. The summed E-state index contributed by atoms with van der Waals surface area (Å²) in [5.74, 6) is -0.471. The van der Waals surface area contributed by atoms with E-state index in [0.29, 0.717) is 6.42 Å². The molecule has 0 fully saturated rings. The first-order valence-electron chi connectivity index (χ1n) is 7.84. The van der Waals surface area contributed by atoms with Crippen LogP contribution in [0.3, 0.4) is 0 Å². The van der Waals surface area contributed by atoms with Gasteiger partial charge in [-0.3, -0.25) is 0 Å². The highest BCUT2D eigenvalue weighted by Crippen LogP contribution is 2.11. The second-order valence-corrected chi connectivity index (χ2v) is 5.52. The fourth-order valence-electron chi connectivity index (χ4n) is 2.41. The summed E-state index contributed by atoms with van der Waals surface area (Å²) in [5, 5.41) is 5.53. The van der Waals surface area contributed by atoms with Crippen molar-refractivity contribution in [1.82, 2.24) is 10.6 Å².